The Labute approximate surface area is 204 Å². The van der Waals surface area contributed by atoms with Gasteiger partial charge in [-0.15, -0.1) is 0 Å². The first-order valence-corrected chi connectivity index (χ1v) is 13.3. The Morgan fingerprint density at radius 3 is 2.91 bits per heavy atom. The highest BCUT2D eigenvalue weighted by Gasteiger charge is 2.45. The van der Waals surface area contributed by atoms with Crippen LogP contribution in [0.15, 0.2) is 35.2 Å². The van der Waals surface area contributed by atoms with E-state index in [9.17, 15) is 22.7 Å². The van der Waals surface area contributed by atoms with Crippen molar-refractivity contribution in [1.82, 2.24) is 4.90 Å². The molecule has 1 saturated heterocycles. The van der Waals surface area contributed by atoms with E-state index in [1.807, 2.05) is 0 Å². The average molecular weight is 505 g/mol. The Morgan fingerprint density at radius 1 is 1.31 bits per heavy atom. The van der Waals surface area contributed by atoms with E-state index < -0.39 is 21.8 Å². The van der Waals surface area contributed by atoms with Gasteiger partial charge in [-0.3, -0.25) is 4.72 Å². The van der Waals surface area contributed by atoms with Crippen molar-refractivity contribution in [2.24, 2.45) is 11.8 Å². The molecule has 188 valence electrons. The predicted molar refractivity (Wildman–Crippen MR) is 127 cm³/mol. The number of likely N-dealkylation sites (tertiary alicyclic amines) is 1. The van der Waals surface area contributed by atoms with Crippen LogP contribution in [0.1, 0.15) is 40.2 Å². The standard InChI is InChI=1S/C25H29FN2O6S/c1-33-25(30)23-21(4-3-19-20-12-17(20)14-34-24(19)23)27-35(31,32)22-5-2-18(26)11-16(22)10-15-6-7-28(13-15)8-9-29/h2-5,11,15,17,20,27,29H,6-10,12-14H2,1H3/t15-,17-,20-/m0/s1. The van der Waals surface area contributed by atoms with Crippen molar-refractivity contribution in [2.45, 2.75) is 30.1 Å². The Bertz CT molecular complexity index is 1250. The first-order chi connectivity index (χ1) is 16.8. The number of aliphatic hydroxyl groups is 1. The normalized spacial score (nSPS) is 23.2. The summed E-state index contributed by atoms with van der Waals surface area (Å²) in [5.74, 6) is 0.0552. The highest BCUT2D eigenvalue weighted by molar-refractivity contribution is 7.92. The number of aliphatic hydroxyl groups excluding tert-OH is 1. The van der Waals surface area contributed by atoms with Crippen LogP contribution in [-0.2, 0) is 21.2 Å². The van der Waals surface area contributed by atoms with Gasteiger partial charge in [0.15, 0.2) is 0 Å². The van der Waals surface area contributed by atoms with Gasteiger partial charge in [0.25, 0.3) is 10.0 Å². The molecule has 2 aromatic rings. The number of β-amino-alcohol motifs (C(OH)–C–C–N with tert-alkyl or cyclic N) is 1. The van der Waals surface area contributed by atoms with E-state index >= 15 is 0 Å². The van der Waals surface area contributed by atoms with Crippen LogP contribution in [0.4, 0.5) is 10.1 Å². The van der Waals surface area contributed by atoms with Gasteiger partial charge in [-0.25, -0.2) is 17.6 Å². The van der Waals surface area contributed by atoms with Gasteiger partial charge < -0.3 is 19.5 Å². The molecule has 2 aromatic carbocycles. The Balaban J connectivity index is 1.46. The molecule has 3 atom stereocenters. The number of nitrogens with one attached hydrogen (secondary N) is 1. The molecule has 0 bridgehead atoms. The fraction of sp³-hybridized carbons (Fsp3) is 0.480. The first kappa shape index (κ1) is 24.0. The molecule has 0 unspecified atom stereocenters. The number of esters is 1. The Morgan fingerprint density at radius 2 is 2.14 bits per heavy atom. The van der Waals surface area contributed by atoms with Crippen LogP contribution >= 0.6 is 0 Å². The van der Waals surface area contributed by atoms with Crippen molar-refractivity contribution >= 4 is 21.7 Å². The second-order valence-electron chi connectivity index (χ2n) is 9.55. The summed E-state index contributed by atoms with van der Waals surface area (Å²) in [7, 11) is -2.92. The van der Waals surface area contributed by atoms with E-state index in [2.05, 4.69) is 9.62 Å². The number of sulfonamides is 1. The van der Waals surface area contributed by atoms with Gasteiger partial charge in [0, 0.05) is 19.0 Å². The van der Waals surface area contributed by atoms with Crippen molar-refractivity contribution in [2.75, 3.05) is 44.7 Å². The largest absolute Gasteiger partial charge is 0.492 e. The maximum Gasteiger partial charge on any atom is 0.343 e. The molecule has 0 amide bonds. The lowest BCUT2D eigenvalue weighted by atomic mass is 9.98. The number of anilines is 1. The molecule has 0 aromatic heterocycles. The summed E-state index contributed by atoms with van der Waals surface area (Å²) in [6.45, 7) is 2.62. The van der Waals surface area contributed by atoms with Crippen LogP contribution in [0.3, 0.4) is 0 Å². The third kappa shape index (κ3) is 4.74. The first-order valence-electron chi connectivity index (χ1n) is 11.8. The molecule has 1 saturated carbocycles. The predicted octanol–water partition coefficient (Wildman–Crippen LogP) is 2.77. The fourth-order valence-electron chi connectivity index (χ4n) is 5.34. The van der Waals surface area contributed by atoms with Crippen molar-refractivity contribution in [3.63, 3.8) is 0 Å². The minimum atomic E-state index is -4.15. The molecule has 1 aliphatic carbocycles. The minimum Gasteiger partial charge on any atom is -0.492 e. The number of halogens is 1. The number of ether oxygens (including phenoxy) is 2. The number of methoxy groups -OCH3 is 1. The van der Waals surface area contributed by atoms with Crippen molar-refractivity contribution in [3.8, 4) is 5.75 Å². The zero-order valence-electron chi connectivity index (χ0n) is 19.5. The average Bonchev–Trinajstić information content (AvgIpc) is 3.50. The number of hydrogen-bond acceptors (Lipinski definition) is 7. The molecule has 5 rings (SSSR count). The summed E-state index contributed by atoms with van der Waals surface area (Å²) in [5.41, 5.74) is 1.39. The molecule has 0 radical (unpaired) electrons. The highest BCUT2D eigenvalue weighted by Crippen LogP contribution is 2.55. The smallest absolute Gasteiger partial charge is 0.343 e. The second kappa shape index (κ2) is 9.40. The van der Waals surface area contributed by atoms with E-state index in [0.717, 1.165) is 31.0 Å². The quantitative estimate of drug-likeness (QED) is 0.533. The van der Waals surface area contributed by atoms with Crippen molar-refractivity contribution < 1.29 is 32.2 Å². The molecule has 35 heavy (non-hydrogen) atoms. The summed E-state index contributed by atoms with van der Waals surface area (Å²) < 4.78 is 54.5. The molecule has 2 aliphatic heterocycles. The van der Waals surface area contributed by atoms with Crippen LogP contribution in [0.25, 0.3) is 0 Å². The number of rotatable bonds is 8. The van der Waals surface area contributed by atoms with Crippen LogP contribution in [-0.4, -0.2) is 64.4 Å². The minimum absolute atomic E-state index is 0.0313. The van der Waals surface area contributed by atoms with Gasteiger partial charge in [-0.1, -0.05) is 6.07 Å². The topological polar surface area (TPSA) is 105 Å². The van der Waals surface area contributed by atoms with Gasteiger partial charge in [-0.05, 0) is 73.0 Å². The van der Waals surface area contributed by atoms with Crippen LogP contribution in [0.5, 0.6) is 5.75 Å². The van der Waals surface area contributed by atoms with E-state index in [0.29, 0.717) is 49.3 Å². The highest BCUT2D eigenvalue weighted by atomic mass is 32.2. The lowest BCUT2D eigenvalue weighted by Gasteiger charge is -2.22. The zero-order valence-corrected chi connectivity index (χ0v) is 20.3. The maximum absolute atomic E-state index is 14.1. The van der Waals surface area contributed by atoms with Crippen LogP contribution < -0.4 is 9.46 Å². The lowest BCUT2D eigenvalue weighted by molar-refractivity contribution is 0.0596. The van der Waals surface area contributed by atoms with Gasteiger partial charge in [0.1, 0.15) is 17.1 Å². The number of carbonyl (C=O) groups excluding carboxylic acids is 1. The monoisotopic (exact) mass is 504 g/mol. The molecule has 2 heterocycles. The van der Waals surface area contributed by atoms with Crippen molar-refractivity contribution in [1.29, 1.82) is 0 Å². The van der Waals surface area contributed by atoms with Crippen molar-refractivity contribution in [3.05, 3.63) is 52.8 Å². The van der Waals surface area contributed by atoms with Gasteiger partial charge in [-0.2, -0.15) is 0 Å². The molecule has 3 aliphatic rings. The maximum atomic E-state index is 14.1. The molecular weight excluding hydrogens is 475 g/mol. The summed E-state index contributed by atoms with van der Waals surface area (Å²) in [6.07, 6.45) is 2.20. The van der Waals surface area contributed by atoms with E-state index in [-0.39, 0.29) is 28.7 Å². The van der Waals surface area contributed by atoms with E-state index in [4.69, 9.17) is 9.47 Å². The fourth-order valence-corrected chi connectivity index (χ4v) is 6.65. The summed E-state index contributed by atoms with van der Waals surface area (Å²) in [6, 6.07) is 7.00. The van der Waals surface area contributed by atoms with Gasteiger partial charge in [0.05, 0.1) is 30.9 Å². The molecule has 2 fully saturated rings. The Hall–Kier alpha value is -2.69. The molecule has 10 heteroatoms. The molecule has 0 spiro atoms. The molecule has 8 nitrogen and oxygen atoms in total. The SMILES string of the molecule is COC(=O)c1c(NS(=O)(=O)c2ccc(F)cc2C[C@@H]2CCN(CCO)C2)ccc2c1OC[C@@H]1C[C@H]21. The van der Waals surface area contributed by atoms with Crippen LogP contribution in [0.2, 0.25) is 0 Å². The third-order valence-electron chi connectivity index (χ3n) is 7.19. The van der Waals surface area contributed by atoms with Crippen LogP contribution in [0, 0.1) is 17.7 Å². The number of hydrogen-bond donors (Lipinski definition) is 2. The number of benzene rings is 2. The third-order valence-corrected chi connectivity index (χ3v) is 8.66. The van der Waals surface area contributed by atoms with Gasteiger partial charge in [0.2, 0.25) is 0 Å². The number of carbonyl (C=O) groups is 1. The number of nitrogens with zero attached hydrogens (tertiary/aromatic N) is 1. The summed E-state index contributed by atoms with van der Waals surface area (Å²) in [4.78, 5) is 14.7. The lowest BCUT2D eigenvalue weighted by Crippen LogP contribution is -2.25. The molecule has 2 N–H and O–H groups in total. The number of fused-ring (bicyclic) bond motifs is 3. The van der Waals surface area contributed by atoms with E-state index in [1.54, 1.807) is 12.1 Å². The summed E-state index contributed by atoms with van der Waals surface area (Å²) >= 11 is 0. The second-order valence-corrected chi connectivity index (χ2v) is 11.2. The molecular formula is C25H29FN2O6S. The van der Waals surface area contributed by atoms with Gasteiger partial charge >= 0.3 is 5.97 Å². The van der Waals surface area contributed by atoms with E-state index in [1.165, 1.54) is 19.2 Å². The summed E-state index contributed by atoms with van der Waals surface area (Å²) in [5, 5.41) is 9.18. The zero-order chi connectivity index (χ0) is 24.7. The Kier molecular flexibility index (Phi) is 6.45.